The average Bonchev–Trinajstić information content (AvgIpc) is 2.51. The van der Waals surface area contributed by atoms with E-state index in [4.69, 9.17) is 4.74 Å². The maximum absolute atomic E-state index is 11.6. The highest BCUT2D eigenvalue weighted by Crippen LogP contribution is 2.58. The summed E-state index contributed by atoms with van der Waals surface area (Å²) in [5.74, 6) is 0.694. The van der Waals surface area contributed by atoms with Gasteiger partial charge in [0.2, 0.25) is 0 Å². The molecular weight excluding hydrogens is 278 g/mol. The number of allylic oxidation sites excluding steroid dienone is 1. The number of hydrogen-bond donors (Lipinski definition) is 2. The van der Waals surface area contributed by atoms with Crippen LogP contribution in [0.1, 0.15) is 30.4 Å². The van der Waals surface area contributed by atoms with Gasteiger partial charge in [0.25, 0.3) is 0 Å². The fourth-order valence-electron chi connectivity index (χ4n) is 5.00. The maximum atomic E-state index is 11.6. The molecule has 2 aliphatic carbocycles. The van der Waals surface area contributed by atoms with Gasteiger partial charge in [0.1, 0.15) is 0 Å². The van der Waals surface area contributed by atoms with Gasteiger partial charge in [-0.1, -0.05) is 18.2 Å². The van der Waals surface area contributed by atoms with Crippen LogP contribution in [0.25, 0.3) is 0 Å². The summed E-state index contributed by atoms with van der Waals surface area (Å²) in [5, 5.41) is 22.4. The zero-order valence-electron chi connectivity index (χ0n) is 13.2. The molecule has 0 radical (unpaired) electrons. The van der Waals surface area contributed by atoms with Crippen molar-refractivity contribution in [3.05, 3.63) is 35.4 Å². The van der Waals surface area contributed by atoms with Crippen LogP contribution in [0.4, 0.5) is 0 Å². The third-order valence-electron chi connectivity index (χ3n) is 6.12. The summed E-state index contributed by atoms with van der Waals surface area (Å²) in [7, 11) is 3.67. The third-order valence-corrected chi connectivity index (χ3v) is 6.12. The van der Waals surface area contributed by atoms with Crippen molar-refractivity contribution in [3.8, 4) is 11.5 Å². The molecule has 1 aromatic rings. The molecule has 1 saturated heterocycles. The van der Waals surface area contributed by atoms with Crippen LogP contribution >= 0.6 is 0 Å². The van der Waals surface area contributed by atoms with Gasteiger partial charge in [-0.2, -0.15) is 0 Å². The second-order valence-electron chi connectivity index (χ2n) is 6.94. The summed E-state index contributed by atoms with van der Waals surface area (Å²) in [4.78, 5) is 2.28. The van der Waals surface area contributed by atoms with Gasteiger partial charge < -0.3 is 19.8 Å². The van der Waals surface area contributed by atoms with Crippen LogP contribution in [0.15, 0.2) is 24.3 Å². The van der Waals surface area contributed by atoms with Gasteiger partial charge in [-0.15, -0.1) is 0 Å². The Balaban J connectivity index is 2.03. The molecule has 2 N–H and O–H groups in total. The first-order valence-corrected chi connectivity index (χ1v) is 8.03. The summed E-state index contributed by atoms with van der Waals surface area (Å²) in [6, 6.07) is 3.98. The Morgan fingerprint density at radius 1 is 1.32 bits per heavy atom. The maximum Gasteiger partial charge on any atom is 0.162 e. The number of hydrogen-bond acceptors (Lipinski definition) is 4. The second-order valence-corrected chi connectivity index (χ2v) is 6.94. The normalized spacial score (nSPS) is 36.6. The average molecular weight is 301 g/mol. The number of aromatic hydroxyl groups is 1. The van der Waals surface area contributed by atoms with E-state index in [1.807, 2.05) is 12.1 Å². The van der Waals surface area contributed by atoms with Gasteiger partial charge >= 0.3 is 0 Å². The van der Waals surface area contributed by atoms with Gasteiger partial charge in [0.05, 0.1) is 12.7 Å². The van der Waals surface area contributed by atoms with Crippen LogP contribution < -0.4 is 4.74 Å². The quantitative estimate of drug-likeness (QED) is 0.779. The predicted octanol–water partition coefficient (Wildman–Crippen LogP) is 1.98. The first kappa shape index (κ1) is 14.1. The molecule has 3 atom stereocenters. The fourth-order valence-corrected chi connectivity index (χ4v) is 5.00. The van der Waals surface area contributed by atoms with Gasteiger partial charge in [-0.3, -0.25) is 0 Å². The lowest BCUT2D eigenvalue weighted by Crippen LogP contribution is -2.70. The molecule has 1 aromatic carbocycles. The van der Waals surface area contributed by atoms with E-state index in [2.05, 4.69) is 24.1 Å². The summed E-state index contributed by atoms with van der Waals surface area (Å²) in [6.45, 7) is 0.924. The number of fused-ring (bicyclic) bond motifs is 1. The topological polar surface area (TPSA) is 52.9 Å². The molecule has 118 valence electrons. The van der Waals surface area contributed by atoms with E-state index < -0.39 is 11.0 Å². The first-order chi connectivity index (χ1) is 10.5. The van der Waals surface area contributed by atoms with Crippen molar-refractivity contribution >= 4 is 0 Å². The Labute approximate surface area is 131 Å². The molecular formula is C18H23NO3. The van der Waals surface area contributed by atoms with E-state index in [0.717, 1.165) is 43.4 Å². The molecule has 0 saturated carbocycles. The molecule has 2 bridgehead atoms. The molecule has 4 heteroatoms. The summed E-state index contributed by atoms with van der Waals surface area (Å²) in [5.41, 5.74) is 0.709. The van der Waals surface area contributed by atoms with Crippen LogP contribution in [-0.2, 0) is 11.8 Å². The highest BCUT2D eigenvalue weighted by Gasteiger charge is 2.62. The van der Waals surface area contributed by atoms with E-state index in [1.165, 1.54) is 0 Å². The minimum atomic E-state index is -0.814. The number of methoxy groups -OCH3 is 1. The monoisotopic (exact) mass is 301 g/mol. The lowest BCUT2D eigenvalue weighted by atomic mass is 9.51. The van der Waals surface area contributed by atoms with Crippen LogP contribution in [0, 0.1) is 0 Å². The first-order valence-electron chi connectivity index (χ1n) is 8.03. The van der Waals surface area contributed by atoms with Crippen molar-refractivity contribution in [2.75, 3.05) is 20.7 Å². The van der Waals surface area contributed by atoms with E-state index in [1.54, 1.807) is 7.11 Å². The summed E-state index contributed by atoms with van der Waals surface area (Å²) in [6.07, 6.45) is 7.53. The molecule has 22 heavy (non-hydrogen) atoms. The molecule has 0 spiro atoms. The zero-order valence-corrected chi connectivity index (χ0v) is 13.2. The number of phenols is 1. The lowest BCUT2D eigenvalue weighted by Gasteiger charge is -2.61. The number of phenolic OH excluding ortho intramolecular Hbond substituents is 1. The van der Waals surface area contributed by atoms with Gasteiger partial charge in [-0.25, -0.2) is 0 Å². The van der Waals surface area contributed by atoms with Crippen LogP contribution in [0.2, 0.25) is 0 Å². The summed E-state index contributed by atoms with van der Waals surface area (Å²) < 4.78 is 5.31. The molecule has 0 aromatic heterocycles. The minimum absolute atomic E-state index is 0.103. The number of piperidine rings is 1. The molecule has 0 unspecified atom stereocenters. The van der Waals surface area contributed by atoms with E-state index >= 15 is 0 Å². The Hall–Kier alpha value is -1.52. The van der Waals surface area contributed by atoms with Gasteiger partial charge in [0.15, 0.2) is 11.5 Å². The fraction of sp³-hybridized carbons (Fsp3) is 0.556. The SMILES string of the molecule is COc1ccc2c(c1O)[C@@]13C=CCC[C@@]1(O)[C@@H](C2)N(C)CC3. The third kappa shape index (κ3) is 1.49. The molecule has 4 rings (SSSR count). The number of ether oxygens (including phenoxy) is 1. The number of likely N-dealkylation sites (tertiary alicyclic amines) is 1. The molecule has 0 amide bonds. The van der Waals surface area contributed by atoms with Crippen molar-refractivity contribution in [1.82, 2.24) is 4.90 Å². The van der Waals surface area contributed by atoms with E-state index in [-0.39, 0.29) is 11.8 Å². The van der Waals surface area contributed by atoms with Crippen molar-refractivity contribution < 1.29 is 14.9 Å². The molecule has 1 fully saturated rings. The van der Waals surface area contributed by atoms with Crippen molar-refractivity contribution in [2.24, 2.45) is 0 Å². The van der Waals surface area contributed by atoms with E-state index in [9.17, 15) is 10.2 Å². The molecule has 1 heterocycles. The number of aliphatic hydroxyl groups is 1. The number of rotatable bonds is 1. The summed E-state index contributed by atoms with van der Waals surface area (Å²) >= 11 is 0. The molecule has 4 nitrogen and oxygen atoms in total. The van der Waals surface area contributed by atoms with Crippen molar-refractivity contribution in [3.63, 3.8) is 0 Å². The van der Waals surface area contributed by atoms with Gasteiger partial charge in [-0.05, 0) is 50.9 Å². The number of nitrogens with zero attached hydrogens (tertiary/aromatic N) is 1. The zero-order chi connectivity index (χ0) is 15.5. The lowest BCUT2D eigenvalue weighted by molar-refractivity contribution is -0.132. The van der Waals surface area contributed by atoms with Crippen LogP contribution in [-0.4, -0.2) is 47.5 Å². The van der Waals surface area contributed by atoms with Crippen molar-refractivity contribution in [1.29, 1.82) is 0 Å². The highest BCUT2D eigenvalue weighted by molar-refractivity contribution is 5.60. The van der Waals surface area contributed by atoms with Gasteiger partial charge in [0, 0.05) is 17.0 Å². The minimum Gasteiger partial charge on any atom is -0.504 e. The Kier molecular flexibility index (Phi) is 2.88. The number of benzene rings is 1. The Morgan fingerprint density at radius 2 is 2.14 bits per heavy atom. The smallest absolute Gasteiger partial charge is 0.162 e. The highest BCUT2D eigenvalue weighted by atomic mass is 16.5. The molecule has 3 aliphatic rings. The molecule has 1 aliphatic heterocycles. The number of likely N-dealkylation sites (N-methyl/N-ethyl adjacent to an activating group) is 1. The van der Waals surface area contributed by atoms with Crippen LogP contribution in [0.3, 0.4) is 0 Å². The van der Waals surface area contributed by atoms with Crippen LogP contribution in [0.5, 0.6) is 11.5 Å². The Bertz CT molecular complexity index is 656. The van der Waals surface area contributed by atoms with E-state index in [0.29, 0.717) is 5.75 Å². The standard InChI is InChI=1S/C18H23NO3/c1-19-10-9-17-7-3-4-8-18(17,21)14(19)11-12-5-6-13(22-2)16(20)15(12)17/h3,5-7,14,20-21H,4,8-11H2,1-2H3/t14-,17+,18-/m1/s1. The second kappa shape index (κ2) is 4.49. The largest absolute Gasteiger partial charge is 0.504 e. The Morgan fingerprint density at radius 3 is 2.91 bits per heavy atom. The van der Waals surface area contributed by atoms with Crippen molar-refractivity contribution in [2.45, 2.75) is 42.7 Å². The predicted molar refractivity (Wildman–Crippen MR) is 84.4 cm³/mol.